The van der Waals surface area contributed by atoms with Crippen LogP contribution in [0, 0.1) is 6.92 Å². The molecule has 0 radical (unpaired) electrons. The Balaban J connectivity index is 1.87. The van der Waals surface area contributed by atoms with Gasteiger partial charge in [0.05, 0.1) is 10.2 Å². The molecule has 5 heteroatoms. The number of benzene rings is 2. The molecular weight excluding hydrogens is 270 g/mol. The Morgan fingerprint density at radius 2 is 2.10 bits per heavy atom. The number of hydrogen-bond donors (Lipinski definition) is 2. The fourth-order valence-corrected chi connectivity index (χ4v) is 2.78. The van der Waals surface area contributed by atoms with E-state index in [-0.39, 0.29) is 5.91 Å². The van der Waals surface area contributed by atoms with Gasteiger partial charge >= 0.3 is 0 Å². The van der Waals surface area contributed by atoms with Gasteiger partial charge in [-0.05, 0) is 37.3 Å². The van der Waals surface area contributed by atoms with Gasteiger partial charge in [0.15, 0.2) is 5.13 Å². The third-order valence-electron chi connectivity index (χ3n) is 2.94. The number of anilines is 2. The molecule has 20 heavy (non-hydrogen) atoms. The molecule has 0 atom stereocenters. The van der Waals surface area contributed by atoms with Crippen LogP contribution in [0.4, 0.5) is 10.8 Å². The van der Waals surface area contributed by atoms with Crippen molar-refractivity contribution in [1.29, 1.82) is 0 Å². The van der Waals surface area contributed by atoms with Gasteiger partial charge in [0, 0.05) is 11.3 Å². The Hall–Kier alpha value is -2.40. The second kappa shape index (κ2) is 4.94. The quantitative estimate of drug-likeness (QED) is 0.757. The van der Waals surface area contributed by atoms with Crippen LogP contribution in [-0.2, 0) is 0 Å². The van der Waals surface area contributed by atoms with Crippen molar-refractivity contribution in [2.45, 2.75) is 6.92 Å². The summed E-state index contributed by atoms with van der Waals surface area (Å²) in [5.41, 5.74) is 8.97. The third-order valence-corrected chi connectivity index (χ3v) is 3.79. The lowest BCUT2D eigenvalue weighted by molar-refractivity contribution is 0.102. The molecule has 0 fully saturated rings. The zero-order valence-electron chi connectivity index (χ0n) is 10.9. The van der Waals surface area contributed by atoms with Crippen molar-refractivity contribution >= 4 is 38.3 Å². The van der Waals surface area contributed by atoms with E-state index in [4.69, 9.17) is 5.73 Å². The van der Waals surface area contributed by atoms with Crippen LogP contribution < -0.4 is 11.1 Å². The molecule has 2 aromatic carbocycles. The first-order valence-corrected chi connectivity index (χ1v) is 6.97. The normalized spacial score (nSPS) is 10.7. The van der Waals surface area contributed by atoms with E-state index in [1.807, 2.05) is 43.3 Å². The molecule has 0 unspecified atom stereocenters. The van der Waals surface area contributed by atoms with Crippen LogP contribution in [0.1, 0.15) is 15.9 Å². The van der Waals surface area contributed by atoms with Gasteiger partial charge in [0.1, 0.15) is 0 Å². The molecule has 3 rings (SSSR count). The Morgan fingerprint density at radius 1 is 1.25 bits per heavy atom. The molecule has 0 saturated carbocycles. The van der Waals surface area contributed by atoms with E-state index >= 15 is 0 Å². The number of aryl methyl sites for hydroxylation is 1. The van der Waals surface area contributed by atoms with Crippen molar-refractivity contribution in [3.63, 3.8) is 0 Å². The summed E-state index contributed by atoms with van der Waals surface area (Å²) in [6.45, 7) is 1.96. The number of nitrogens with one attached hydrogen (secondary N) is 1. The minimum atomic E-state index is -0.120. The molecule has 0 aliphatic heterocycles. The standard InChI is InChI=1S/C15H13N3OS/c1-9-3-2-4-10(7-9)14(19)17-11-5-6-12-13(8-11)20-15(16)18-12/h2-8H,1H3,(H2,16,18)(H,17,19). The van der Waals surface area contributed by atoms with Gasteiger partial charge < -0.3 is 11.1 Å². The number of carbonyl (C=O) groups is 1. The van der Waals surface area contributed by atoms with Crippen LogP contribution in [0.15, 0.2) is 42.5 Å². The predicted molar refractivity (Wildman–Crippen MR) is 83.2 cm³/mol. The van der Waals surface area contributed by atoms with E-state index in [1.165, 1.54) is 11.3 Å². The highest BCUT2D eigenvalue weighted by Crippen LogP contribution is 2.26. The molecule has 3 N–H and O–H groups in total. The van der Waals surface area contributed by atoms with Gasteiger partial charge in [0.25, 0.3) is 5.91 Å². The van der Waals surface area contributed by atoms with Crippen molar-refractivity contribution in [2.75, 3.05) is 11.1 Å². The summed E-state index contributed by atoms with van der Waals surface area (Å²) in [5, 5.41) is 3.42. The summed E-state index contributed by atoms with van der Waals surface area (Å²) in [7, 11) is 0. The number of nitrogen functional groups attached to an aromatic ring is 1. The van der Waals surface area contributed by atoms with Crippen LogP contribution in [-0.4, -0.2) is 10.9 Å². The molecule has 0 spiro atoms. The number of rotatable bonds is 2. The Kier molecular flexibility index (Phi) is 3.12. The lowest BCUT2D eigenvalue weighted by Crippen LogP contribution is -2.11. The van der Waals surface area contributed by atoms with Gasteiger partial charge in [-0.25, -0.2) is 4.98 Å². The van der Waals surface area contributed by atoms with E-state index < -0.39 is 0 Å². The largest absolute Gasteiger partial charge is 0.375 e. The highest BCUT2D eigenvalue weighted by molar-refractivity contribution is 7.22. The van der Waals surface area contributed by atoms with Gasteiger partial charge in [-0.15, -0.1) is 0 Å². The first-order chi connectivity index (χ1) is 9.61. The van der Waals surface area contributed by atoms with E-state index in [1.54, 1.807) is 6.07 Å². The number of fused-ring (bicyclic) bond motifs is 1. The summed E-state index contributed by atoms with van der Waals surface area (Å²) >= 11 is 1.41. The Bertz CT molecular complexity index is 795. The molecule has 0 saturated heterocycles. The monoisotopic (exact) mass is 283 g/mol. The second-order valence-corrected chi connectivity index (χ2v) is 5.62. The van der Waals surface area contributed by atoms with Crippen LogP contribution in [0.2, 0.25) is 0 Å². The Labute approximate surface area is 120 Å². The molecule has 4 nitrogen and oxygen atoms in total. The number of nitrogens with two attached hydrogens (primary N) is 1. The van der Waals surface area contributed by atoms with E-state index in [0.717, 1.165) is 21.5 Å². The van der Waals surface area contributed by atoms with Crippen molar-refractivity contribution in [2.24, 2.45) is 0 Å². The number of nitrogens with zero attached hydrogens (tertiary/aromatic N) is 1. The smallest absolute Gasteiger partial charge is 0.255 e. The lowest BCUT2D eigenvalue weighted by Gasteiger charge is -2.05. The molecule has 1 amide bonds. The number of thiazole rings is 1. The molecular formula is C15H13N3OS. The summed E-state index contributed by atoms with van der Waals surface area (Å²) in [6, 6.07) is 13.1. The first-order valence-electron chi connectivity index (χ1n) is 6.16. The van der Waals surface area contributed by atoms with Crippen molar-refractivity contribution in [3.05, 3.63) is 53.6 Å². The van der Waals surface area contributed by atoms with E-state index in [2.05, 4.69) is 10.3 Å². The predicted octanol–water partition coefficient (Wildman–Crippen LogP) is 3.44. The van der Waals surface area contributed by atoms with Gasteiger partial charge in [-0.3, -0.25) is 4.79 Å². The topological polar surface area (TPSA) is 68.0 Å². The number of aromatic nitrogens is 1. The molecule has 0 aliphatic carbocycles. The highest BCUT2D eigenvalue weighted by Gasteiger charge is 2.07. The van der Waals surface area contributed by atoms with Crippen molar-refractivity contribution in [3.8, 4) is 0 Å². The van der Waals surface area contributed by atoms with Crippen molar-refractivity contribution < 1.29 is 4.79 Å². The lowest BCUT2D eigenvalue weighted by atomic mass is 10.1. The third kappa shape index (κ3) is 2.48. The van der Waals surface area contributed by atoms with Crippen LogP contribution in [0.25, 0.3) is 10.2 Å². The summed E-state index contributed by atoms with van der Waals surface area (Å²) in [6.07, 6.45) is 0. The zero-order valence-corrected chi connectivity index (χ0v) is 11.7. The summed E-state index contributed by atoms with van der Waals surface area (Å²) in [5.74, 6) is -0.120. The minimum absolute atomic E-state index is 0.120. The van der Waals surface area contributed by atoms with Crippen LogP contribution in [0.5, 0.6) is 0 Å². The molecule has 1 aromatic heterocycles. The maximum absolute atomic E-state index is 12.2. The average molecular weight is 283 g/mol. The molecule has 3 aromatic rings. The molecule has 1 heterocycles. The average Bonchev–Trinajstić information content (AvgIpc) is 2.78. The number of hydrogen-bond acceptors (Lipinski definition) is 4. The number of carbonyl (C=O) groups excluding carboxylic acids is 1. The molecule has 0 aliphatic rings. The van der Waals surface area contributed by atoms with Gasteiger partial charge in [0.2, 0.25) is 0 Å². The first kappa shape index (κ1) is 12.6. The fourth-order valence-electron chi connectivity index (χ4n) is 2.01. The maximum Gasteiger partial charge on any atom is 0.255 e. The van der Waals surface area contributed by atoms with Gasteiger partial charge in [-0.1, -0.05) is 29.0 Å². The van der Waals surface area contributed by atoms with Gasteiger partial charge in [-0.2, -0.15) is 0 Å². The second-order valence-electron chi connectivity index (χ2n) is 4.56. The van der Waals surface area contributed by atoms with Crippen LogP contribution >= 0.6 is 11.3 Å². The maximum atomic E-state index is 12.2. The SMILES string of the molecule is Cc1cccc(C(=O)Nc2ccc3nc(N)sc3c2)c1. The highest BCUT2D eigenvalue weighted by atomic mass is 32.1. The fraction of sp³-hybridized carbons (Fsp3) is 0.0667. The molecule has 0 bridgehead atoms. The van der Waals surface area contributed by atoms with Crippen molar-refractivity contribution in [1.82, 2.24) is 4.98 Å². The number of amides is 1. The summed E-state index contributed by atoms with van der Waals surface area (Å²) < 4.78 is 0.963. The van der Waals surface area contributed by atoms with E-state index in [9.17, 15) is 4.79 Å². The zero-order chi connectivity index (χ0) is 14.1. The minimum Gasteiger partial charge on any atom is -0.375 e. The van der Waals surface area contributed by atoms with E-state index in [0.29, 0.717) is 10.7 Å². The van der Waals surface area contributed by atoms with Crippen LogP contribution in [0.3, 0.4) is 0 Å². The summed E-state index contributed by atoms with van der Waals surface area (Å²) in [4.78, 5) is 16.3. The Morgan fingerprint density at radius 3 is 2.90 bits per heavy atom. The molecule has 100 valence electrons.